The molecule has 8 heteroatoms. The summed E-state index contributed by atoms with van der Waals surface area (Å²) in [5.74, 6) is 2.34. The molecule has 0 amide bonds. The van der Waals surface area contributed by atoms with Crippen molar-refractivity contribution < 1.29 is 14.2 Å². The van der Waals surface area contributed by atoms with E-state index in [1.54, 1.807) is 36.6 Å². The third-order valence-corrected chi connectivity index (χ3v) is 7.11. The number of aromatic nitrogens is 2. The van der Waals surface area contributed by atoms with Crippen LogP contribution in [0.4, 0.5) is 0 Å². The van der Waals surface area contributed by atoms with E-state index in [1.165, 1.54) is 4.88 Å². The Morgan fingerprint density at radius 3 is 2.61 bits per heavy atom. The molecule has 2 aromatic heterocycles. The highest BCUT2D eigenvalue weighted by Crippen LogP contribution is 2.36. The number of hydrogen-bond acceptors (Lipinski definition) is 6. The van der Waals surface area contributed by atoms with Crippen LogP contribution in [0.25, 0.3) is 21.6 Å². The number of ether oxygens (including phenoxy) is 3. The standard InChI is InChI=1S/C25H23ClN2O4S/c1-30-19-7-3-4-8-20(19)32-13-12-31-18-11-10-15(26)14-17(18)23-27-24(29)22-16-6-2-5-9-21(16)33-25(22)28-23/h3-4,7-8,10-11,14H,2,5-6,9,12-13H2,1H3,(H,27,28,29). The Kier molecular flexibility index (Phi) is 6.24. The Morgan fingerprint density at radius 1 is 1.03 bits per heavy atom. The first kappa shape index (κ1) is 21.8. The summed E-state index contributed by atoms with van der Waals surface area (Å²) in [5.41, 5.74) is 1.70. The average molecular weight is 483 g/mol. The molecule has 2 heterocycles. The molecule has 0 bridgehead atoms. The molecular formula is C25H23ClN2O4S. The van der Waals surface area contributed by atoms with E-state index >= 15 is 0 Å². The van der Waals surface area contributed by atoms with E-state index in [-0.39, 0.29) is 5.56 Å². The largest absolute Gasteiger partial charge is 0.493 e. The van der Waals surface area contributed by atoms with Gasteiger partial charge < -0.3 is 19.2 Å². The first-order valence-electron chi connectivity index (χ1n) is 10.9. The minimum absolute atomic E-state index is 0.111. The molecule has 6 nitrogen and oxygen atoms in total. The predicted molar refractivity (Wildman–Crippen MR) is 131 cm³/mol. The van der Waals surface area contributed by atoms with Crippen molar-refractivity contribution in [3.8, 4) is 28.6 Å². The minimum atomic E-state index is -0.111. The van der Waals surface area contributed by atoms with Gasteiger partial charge in [-0.3, -0.25) is 4.79 Å². The number of fused-ring (bicyclic) bond motifs is 3. The van der Waals surface area contributed by atoms with Crippen molar-refractivity contribution >= 4 is 33.2 Å². The van der Waals surface area contributed by atoms with Gasteiger partial charge in [0.15, 0.2) is 11.5 Å². The molecule has 1 aliphatic rings. The van der Waals surface area contributed by atoms with Crippen molar-refractivity contribution in [2.75, 3.05) is 20.3 Å². The molecule has 0 radical (unpaired) electrons. The van der Waals surface area contributed by atoms with Gasteiger partial charge in [-0.25, -0.2) is 4.98 Å². The van der Waals surface area contributed by atoms with Crippen LogP contribution < -0.4 is 19.8 Å². The third kappa shape index (κ3) is 4.43. The summed E-state index contributed by atoms with van der Waals surface area (Å²) in [6, 6.07) is 12.8. The fourth-order valence-electron chi connectivity index (χ4n) is 4.15. The molecule has 2 aromatic carbocycles. The van der Waals surface area contributed by atoms with Gasteiger partial charge >= 0.3 is 0 Å². The molecule has 0 spiro atoms. The first-order chi connectivity index (χ1) is 16.1. The number of thiophene rings is 1. The summed E-state index contributed by atoms with van der Waals surface area (Å²) in [4.78, 5) is 22.8. The van der Waals surface area contributed by atoms with Crippen LogP contribution in [0.3, 0.4) is 0 Å². The molecule has 0 saturated heterocycles. The summed E-state index contributed by atoms with van der Waals surface area (Å²) in [6.45, 7) is 0.621. The lowest BCUT2D eigenvalue weighted by Crippen LogP contribution is -2.13. The number of hydrogen-bond donors (Lipinski definition) is 1. The zero-order chi connectivity index (χ0) is 22.8. The van der Waals surface area contributed by atoms with Crippen LogP contribution in [-0.2, 0) is 12.8 Å². The molecule has 1 aliphatic carbocycles. The quantitative estimate of drug-likeness (QED) is 0.344. The second kappa shape index (κ2) is 9.45. The topological polar surface area (TPSA) is 73.4 Å². The number of aromatic amines is 1. The van der Waals surface area contributed by atoms with Gasteiger partial charge in [0.2, 0.25) is 0 Å². The van der Waals surface area contributed by atoms with Crippen molar-refractivity contribution in [3.05, 3.63) is 68.3 Å². The fourth-order valence-corrected chi connectivity index (χ4v) is 5.58. The van der Waals surface area contributed by atoms with E-state index in [0.717, 1.165) is 41.5 Å². The Labute approximate surface area is 200 Å². The van der Waals surface area contributed by atoms with E-state index in [9.17, 15) is 4.79 Å². The number of benzene rings is 2. The fraction of sp³-hybridized carbons (Fsp3) is 0.280. The van der Waals surface area contributed by atoms with Gasteiger partial charge in [-0.2, -0.15) is 0 Å². The van der Waals surface area contributed by atoms with Gasteiger partial charge in [0.05, 0.1) is 18.1 Å². The van der Waals surface area contributed by atoms with Crippen molar-refractivity contribution in [1.82, 2.24) is 9.97 Å². The SMILES string of the molecule is COc1ccccc1OCCOc1ccc(Cl)cc1-c1nc2sc3c(c2c(=O)[nH]1)CCCC3. The highest BCUT2D eigenvalue weighted by atomic mass is 35.5. The van der Waals surface area contributed by atoms with Crippen molar-refractivity contribution in [1.29, 1.82) is 0 Å². The number of methoxy groups -OCH3 is 1. The van der Waals surface area contributed by atoms with Crippen molar-refractivity contribution in [2.45, 2.75) is 25.7 Å². The number of halogens is 1. The predicted octanol–water partition coefficient (Wildman–Crippen LogP) is 5.65. The van der Waals surface area contributed by atoms with Crippen LogP contribution in [-0.4, -0.2) is 30.3 Å². The highest BCUT2D eigenvalue weighted by Gasteiger charge is 2.21. The lowest BCUT2D eigenvalue weighted by molar-refractivity contribution is 0.212. The summed E-state index contributed by atoms with van der Waals surface area (Å²) in [5, 5.41) is 1.27. The molecule has 0 fully saturated rings. The number of rotatable bonds is 7. The van der Waals surface area contributed by atoms with Crippen LogP contribution in [0.5, 0.6) is 17.2 Å². The van der Waals surface area contributed by atoms with Gasteiger partial charge in [-0.1, -0.05) is 23.7 Å². The highest BCUT2D eigenvalue weighted by molar-refractivity contribution is 7.18. The Hall–Kier alpha value is -3.03. The second-order valence-corrected chi connectivity index (χ2v) is 9.31. The maximum Gasteiger partial charge on any atom is 0.260 e. The molecule has 0 atom stereocenters. The van der Waals surface area contributed by atoms with Crippen molar-refractivity contribution in [3.63, 3.8) is 0 Å². The zero-order valence-electron chi connectivity index (χ0n) is 18.2. The van der Waals surface area contributed by atoms with Gasteiger partial charge in [-0.15, -0.1) is 11.3 Å². The second-order valence-electron chi connectivity index (χ2n) is 7.79. The summed E-state index contributed by atoms with van der Waals surface area (Å²) < 4.78 is 17.1. The minimum Gasteiger partial charge on any atom is -0.493 e. The number of nitrogens with one attached hydrogen (secondary N) is 1. The molecule has 4 aromatic rings. The molecule has 0 unspecified atom stereocenters. The van der Waals surface area contributed by atoms with Crippen LogP contribution in [0, 0.1) is 0 Å². The molecule has 0 aliphatic heterocycles. The lowest BCUT2D eigenvalue weighted by atomic mass is 9.97. The van der Waals surface area contributed by atoms with Gasteiger partial charge in [0.25, 0.3) is 5.56 Å². The van der Waals surface area contributed by atoms with Crippen LogP contribution >= 0.6 is 22.9 Å². The van der Waals surface area contributed by atoms with E-state index in [0.29, 0.717) is 46.9 Å². The first-order valence-corrected chi connectivity index (χ1v) is 12.1. The Bertz CT molecular complexity index is 1360. The molecule has 33 heavy (non-hydrogen) atoms. The smallest absolute Gasteiger partial charge is 0.260 e. The van der Waals surface area contributed by atoms with Gasteiger partial charge in [0, 0.05) is 9.90 Å². The average Bonchev–Trinajstić information content (AvgIpc) is 3.21. The van der Waals surface area contributed by atoms with Gasteiger partial charge in [-0.05, 0) is 61.6 Å². The normalized spacial score (nSPS) is 13.0. The van der Waals surface area contributed by atoms with Crippen LogP contribution in [0.2, 0.25) is 5.02 Å². The maximum absolute atomic E-state index is 13.0. The molecule has 1 N–H and O–H groups in total. The Balaban J connectivity index is 1.39. The number of nitrogens with zero attached hydrogens (tertiary/aromatic N) is 1. The van der Waals surface area contributed by atoms with E-state index in [2.05, 4.69) is 4.98 Å². The van der Waals surface area contributed by atoms with Crippen LogP contribution in [0.15, 0.2) is 47.3 Å². The summed E-state index contributed by atoms with van der Waals surface area (Å²) in [6.07, 6.45) is 4.23. The molecular weight excluding hydrogens is 460 g/mol. The summed E-state index contributed by atoms with van der Waals surface area (Å²) in [7, 11) is 1.60. The molecule has 5 rings (SSSR count). The maximum atomic E-state index is 13.0. The van der Waals surface area contributed by atoms with E-state index < -0.39 is 0 Å². The zero-order valence-corrected chi connectivity index (χ0v) is 19.7. The number of H-pyrrole nitrogens is 1. The van der Waals surface area contributed by atoms with E-state index in [1.807, 2.05) is 24.3 Å². The lowest BCUT2D eigenvalue weighted by Gasteiger charge is -2.13. The van der Waals surface area contributed by atoms with Crippen LogP contribution in [0.1, 0.15) is 23.3 Å². The monoisotopic (exact) mass is 482 g/mol. The number of para-hydroxylation sites is 2. The van der Waals surface area contributed by atoms with Gasteiger partial charge in [0.1, 0.15) is 29.6 Å². The Morgan fingerprint density at radius 2 is 1.79 bits per heavy atom. The van der Waals surface area contributed by atoms with E-state index in [4.69, 9.17) is 30.8 Å². The third-order valence-electron chi connectivity index (χ3n) is 5.69. The molecule has 170 valence electrons. The molecule has 0 saturated carbocycles. The number of aryl methyl sites for hydroxylation is 2. The summed E-state index contributed by atoms with van der Waals surface area (Å²) >= 11 is 7.89. The van der Waals surface area contributed by atoms with Crippen molar-refractivity contribution in [2.24, 2.45) is 0 Å².